The molecule has 0 aromatic rings. The number of fused-ring (bicyclic) bond motifs is 2. The summed E-state index contributed by atoms with van der Waals surface area (Å²) in [5.41, 5.74) is 2.13. The maximum absolute atomic E-state index is 13.9. The minimum atomic E-state index is -0.697. The number of ether oxygens (including phenoxy) is 2. The average molecular weight is 507 g/mol. The van der Waals surface area contributed by atoms with E-state index in [1.54, 1.807) is 0 Å². The molecule has 0 aliphatic heterocycles. The molecule has 0 amide bonds. The van der Waals surface area contributed by atoms with Crippen LogP contribution in [0.3, 0.4) is 0 Å². The van der Waals surface area contributed by atoms with Crippen LogP contribution >= 0.6 is 0 Å². The van der Waals surface area contributed by atoms with E-state index in [-0.39, 0.29) is 35.6 Å². The monoisotopic (exact) mass is 506 g/mol. The highest BCUT2D eigenvalue weighted by atomic mass is 16.6. The van der Waals surface area contributed by atoms with Gasteiger partial charge >= 0.3 is 11.9 Å². The van der Waals surface area contributed by atoms with Crippen molar-refractivity contribution in [1.82, 2.24) is 0 Å². The van der Waals surface area contributed by atoms with E-state index in [2.05, 4.69) is 91.8 Å². The quantitative estimate of drug-likeness (QED) is 0.317. The van der Waals surface area contributed by atoms with Crippen molar-refractivity contribution in [3.05, 3.63) is 58.7 Å². The fourth-order valence-electron chi connectivity index (χ4n) is 6.39. The molecule has 0 heterocycles. The van der Waals surface area contributed by atoms with Crippen molar-refractivity contribution in [3.8, 4) is 0 Å². The molecule has 1 fully saturated rings. The summed E-state index contributed by atoms with van der Waals surface area (Å²) in [5, 5.41) is 0. The first kappa shape index (κ1) is 27.7. The predicted octanol–water partition coefficient (Wildman–Crippen LogP) is 7.67. The Morgan fingerprint density at radius 1 is 0.703 bits per heavy atom. The number of hydrogen-bond donors (Lipinski definition) is 0. The zero-order valence-corrected chi connectivity index (χ0v) is 24.1. The maximum atomic E-state index is 13.9. The molecule has 0 N–H and O–H groups in total. The Bertz CT molecular complexity index is 996. The average Bonchev–Trinajstić information content (AvgIpc) is 3.46. The van der Waals surface area contributed by atoms with Crippen LogP contribution in [0.2, 0.25) is 0 Å². The molecule has 0 aromatic heterocycles. The summed E-state index contributed by atoms with van der Waals surface area (Å²) in [6.45, 7) is 17.0. The Kier molecular flexibility index (Phi) is 7.79. The second kappa shape index (κ2) is 10.4. The molecule has 4 heteroatoms. The second-order valence-electron chi connectivity index (χ2n) is 12.8. The lowest BCUT2D eigenvalue weighted by Crippen LogP contribution is -2.42. The SMILES string of the molecule is CC(C)C1=CC(OC(=O)C2=C(C(=O)OC3(C(C)C)C=C(C(C)C)C=CC3)C3CCC2C3)(C(C)C)CC=C1. The molecule has 4 rings (SSSR count). The van der Waals surface area contributed by atoms with Gasteiger partial charge in [0.15, 0.2) is 0 Å². The number of rotatable bonds is 8. The molecule has 4 unspecified atom stereocenters. The normalized spacial score (nSPS) is 31.0. The first-order valence-electron chi connectivity index (χ1n) is 14.4. The van der Waals surface area contributed by atoms with E-state index < -0.39 is 11.2 Å². The van der Waals surface area contributed by atoms with Gasteiger partial charge in [-0.1, -0.05) is 79.7 Å². The van der Waals surface area contributed by atoms with Crippen LogP contribution < -0.4 is 0 Å². The highest BCUT2D eigenvalue weighted by Gasteiger charge is 2.49. The molecule has 4 nitrogen and oxygen atoms in total. The molecule has 202 valence electrons. The molecule has 0 spiro atoms. The van der Waals surface area contributed by atoms with E-state index >= 15 is 0 Å². The predicted molar refractivity (Wildman–Crippen MR) is 149 cm³/mol. The number of carbonyl (C=O) groups excluding carboxylic acids is 2. The third-order valence-corrected chi connectivity index (χ3v) is 9.15. The van der Waals surface area contributed by atoms with Gasteiger partial charge in [0.25, 0.3) is 0 Å². The van der Waals surface area contributed by atoms with E-state index in [1.165, 1.54) is 11.1 Å². The molecule has 4 aliphatic carbocycles. The minimum absolute atomic E-state index is 0.0833. The lowest BCUT2D eigenvalue weighted by Gasteiger charge is -2.38. The van der Waals surface area contributed by atoms with Crippen molar-refractivity contribution < 1.29 is 19.1 Å². The summed E-state index contributed by atoms with van der Waals surface area (Å²) in [6.07, 6.45) is 16.8. The Balaban J connectivity index is 1.66. The molecular weight excluding hydrogens is 460 g/mol. The molecule has 0 radical (unpaired) electrons. The molecule has 4 aliphatic rings. The highest BCUT2D eigenvalue weighted by Crippen LogP contribution is 2.51. The lowest BCUT2D eigenvalue weighted by molar-refractivity contribution is -0.158. The van der Waals surface area contributed by atoms with Gasteiger partial charge in [-0.3, -0.25) is 0 Å². The van der Waals surface area contributed by atoms with Gasteiger partial charge in [0.05, 0.1) is 11.1 Å². The van der Waals surface area contributed by atoms with Crippen LogP contribution in [0.5, 0.6) is 0 Å². The summed E-state index contributed by atoms with van der Waals surface area (Å²) in [6, 6.07) is 0. The van der Waals surface area contributed by atoms with Gasteiger partial charge in [0, 0.05) is 12.8 Å². The standard InChI is InChI=1S/C33H46O4/c1-20(2)26-11-9-15-32(18-26,22(5)6)36-30(34)28-24-13-14-25(17-24)29(28)31(35)37-33(23(7)8)16-10-12-27(19-33)21(3)4/h9-12,18-25H,13-17H2,1-8H3. The topological polar surface area (TPSA) is 52.6 Å². The smallest absolute Gasteiger partial charge is 0.335 e. The Labute approximate surface area is 223 Å². The van der Waals surface area contributed by atoms with Crippen LogP contribution in [0.1, 0.15) is 87.5 Å². The molecular formula is C33H46O4. The van der Waals surface area contributed by atoms with E-state index in [9.17, 15) is 9.59 Å². The zero-order valence-electron chi connectivity index (χ0n) is 24.1. The number of esters is 2. The van der Waals surface area contributed by atoms with Crippen molar-refractivity contribution in [2.24, 2.45) is 35.5 Å². The molecule has 4 atom stereocenters. The fraction of sp³-hybridized carbons (Fsp3) is 0.636. The van der Waals surface area contributed by atoms with E-state index in [1.807, 2.05) is 0 Å². The van der Waals surface area contributed by atoms with Gasteiger partial charge in [0.1, 0.15) is 11.2 Å². The van der Waals surface area contributed by atoms with E-state index in [0.717, 1.165) is 19.3 Å². The maximum Gasteiger partial charge on any atom is 0.335 e. The van der Waals surface area contributed by atoms with Crippen LogP contribution in [-0.4, -0.2) is 23.1 Å². The number of allylic oxidation sites excluding steroid dienone is 4. The van der Waals surface area contributed by atoms with Crippen molar-refractivity contribution in [2.45, 2.75) is 98.7 Å². The van der Waals surface area contributed by atoms with Crippen molar-refractivity contribution in [2.75, 3.05) is 0 Å². The van der Waals surface area contributed by atoms with Crippen molar-refractivity contribution >= 4 is 11.9 Å². The molecule has 0 aromatic carbocycles. The largest absolute Gasteiger partial charge is 0.451 e. The van der Waals surface area contributed by atoms with Crippen molar-refractivity contribution in [1.29, 1.82) is 0 Å². The third kappa shape index (κ3) is 5.18. The van der Waals surface area contributed by atoms with Gasteiger partial charge in [-0.2, -0.15) is 0 Å². The van der Waals surface area contributed by atoms with E-state index in [4.69, 9.17) is 9.47 Å². The van der Waals surface area contributed by atoms with Crippen LogP contribution in [0.4, 0.5) is 0 Å². The summed E-state index contributed by atoms with van der Waals surface area (Å²) < 4.78 is 12.8. The molecule has 1 saturated carbocycles. The highest BCUT2D eigenvalue weighted by molar-refractivity contribution is 6.03. The number of carbonyl (C=O) groups is 2. The first-order valence-corrected chi connectivity index (χ1v) is 14.4. The zero-order chi connectivity index (χ0) is 27.1. The first-order chi connectivity index (χ1) is 17.4. The third-order valence-electron chi connectivity index (χ3n) is 9.15. The molecule has 0 saturated heterocycles. The van der Waals surface area contributed by atoms with Crippen LogP contribution in [0.25, 0.3) is 0 Å². The molecule has 2 bridgehead atoms. The second-order valence-corrected chi connectivity index (χ2v) is 12.8. The fourth-order valence-corrected chi connectivity index (χ4v) is 6.39. The van der Waals surface area contributed by atoms with Crippen molar-refractivity contribution in [3.63, 3.8) is 0 Å². The summed E-state index contributed by atoms with van der Waals surface area (Å²) in [4.78, 5) is 27.8. The summed E-state index contributed by atoms with van der Waals surface area (Å²) in [7, 11) is 0. The van der Waals surface area contributed by atoms with Gasteiger partial charge in [-0.25, -0.2) is 9.59 Å². The van der Waals surface area contributed by atoms with Crippen LogP contribution in [0.15, 0.2) is 58.7 Å². The Morgan fingerprint density at radius 2 is 1.08 bits per heavy atom. The number of hydrogen-bond acceptors (Lipinski definition) is 4. The Hall–Kier alpha value is -2.36. The van der Waals surface area contributed by atoms with Crippen LogP contribution in [-0.2, 0) is 19.1 Å². The van der Waals surface area contributed by atoms with Gasteiger partial charge in [0.2, 0.25) is 0 Å². The Morgan fingerprint density at radius 3 is 1.41 bits per heavy atom. The summed E-state index contributed by atoms with van der Waals surface area (Å²) in [5.74, 6) is 0.429. The minimum Gasteiger partial charge on any atom is -0.451 e. The summed E-state index contributed by atoms with van der Waals surface area (Å²) >= 11 is 0. The van der Waals surface area contributed by atoms with Gasteiger partial charge in [-0.05, 0) is 78.1 Å². The van der Waals surface area contributed by atoms with Crippen LogP contribution in [0, 0.1) is 35.5 Å². The van der Waals surface area contributed by atoms with Gasteiger partial charge in [-0.15, -0.1) is 0 Å². The lowest BCUT2D eigenvalue weighted by atomic mass is 9.79. The van der Waals surface area contributed by atoms with E-state index in [0.29, 0.717) is 35.8 Å². The molecule has 37 heavy (non-hydrogen) atoms. The van der Waals surface area contributed by atoms with Gasteiger partial charge < -0.3 is 9.47 Å².